The van der Waals surface area contributed by atoms with Crippen molar-refractivity contribution in [2.75, 3.05) is 6.54 Å². The summed E-state index contributed by atoms with van der Waals surface area (Å²) in [5.41, 5.74) is 0.874. The Hall–Kier alpha value is -0.570. The molecule has 0 amide bonds. The van der Waals surface area contributed by atoms with Gasteiger partial charge in [0.25, 0.3) is 0 Å². The van der Waals surface area contributed by atoms with E-state index in [1.165, 1.54) is 0 Å². The topological polar surface area (TPSA) is 32.3 Å². The van der Waals surface area contributed by atoms with E-state index in [1.807, 2.05) is 18.2 Å². The van der Waals surface area contributed by atoms with E-state index in [0.29, 0.717) is 11.6 Å². The number of hydrogen-bond acceptors (Lipinski definition) is 2. The molecule has 0 aliphatic heterocycles. The highest BCUT2D eigenvalue weighted by molar-refractivity contribution is 6.31. The van der Waals surface area contributed by atoms with Crippen LogP contribution in [-0.4, -0.2) is 17.2 Å². The van der Waals surface area contributed by atoms with Gasteiger partial charge in [-0.25, -0.2) is 0 Å². The molecule has 0 bridgehead atoms. The number of rotatable bonds is 6. The SMILES string of the molecule is CCC(C)(CC)NCC(O)c1ccccc1Cl. The number of benzene rings is 1. The van der Waals surface area contributed by atoms with E-state index in [4.69, 9.17) is 11.6 Å². The van der Waals surface area contributed by atoms with Gasteiger partial charge in [0.15, 0.2) is 0 Å². The number of aliphatic hydroxyl groups is 1. The van der Waals surface area contributed by atoms with Gasteiger partial charge in [-0.05, 0) is 25.8 Å². The summed E-state index contributed by atoms with van der Waals surface area (Å²) in [5.74, 6) is 0. The first kappa shape index (κ1) is 14.5. The molecule has 0 aliphatic carbocycles. The highest BCUT2D eigenvalue weighted by atomic mass is 35.5. The lowest BCUT2D eigenvalue weighted by Crippen LogP contribution is -2.43. The number of β-amino-alcohol motifs (C(OH)–C–C–N with tert-alkyl or cyclic N) is 1. The molecule has 3 heteroatoms. The Kier molecular flexibility index (Phi) is 5.44. The van der Waals surface area contributed by atoms with Gasteiger partial charge in [0.05, 0.1) is 6.10 Å². The van der Waals surface area contributed by atoms with Crippen molar-refractivity contribution in [2.45, 2.75) is 45.3 Å². The van der Waals surface area contributed by atoms with Crippen LogP contribution in [0.25, 0.3) is 0 Å². The lowest BCUT2D eigenvalue weighted by molar-refractivity contribution is 0.156. The van der Waals surface area contributed by atoms with Gasteiger partial charge in [0.1, 0.15) is 0 Å². The van der Waals surface area contributed by atoms with Crippen molar-refractivity contribution in [1.29, 1.82) is 0 Å². The van der Waals surface area contributed by atoms with Crippen molar-refractivity contribution in [3.8, 4) is 0 Å². The molecule has 0 spiro atoms. The first-order valence-corrected chi connectivity index (χ1v) is 6.57. The van der Waals surface area contributed by atoms with Crippen molar-refractivity contribution in [1.82, 2.24) is 5.32 Å². The van der Waals surface area contributed by atoms with Crippen LogP contribution in [0.2, 0.25) is 5.02 Å². The minimum absolute atomic E-state index is 0.0856. The smallest absolute Gasteiger partial charge is 0.0928 e. The van der Waals surface area contributed by atoms with Crippen LogP contribution in [-0.2, 0) is 0 Å². The van der Waals surface area contributed by atoms with Crippen LogP contribution in [0.4, 0.5) is 0 Å². The van der Waals surface area contributed by atoms with E-state index in [1.54, 1.807) is 6.07 Å². The summed E-state index contributed by atoms with van der Waals surface area (Å²) in [6.07, 6.45) is 1.53. The van der Waals surface area contributed by atoms with Gasteiger partial charge in [-0.3, -0.25) is 0 Å². The van der Waals surface area contributed by atoms with Gasteiger partial charge < -0.3 is 10.4 Å². The molecule has 1 aromatic carbocycles. The van der Waals surface area contributed by atoms with Crippen molar-refractivity contribution in [3.05, 3.63) is 34.9 Å². The number of hydrogen-bond donors (Lipinski definition) is 2. The molecule has 1 rings (SSSR count). The molecule has 1 unspecified atom stereocenters. The highest BCUT2D eigenvalue weighted by Crippen LogP contribution is 2.23. The van der Waals surface area contributed by atoms with Crippen molar-refractivity contribution in [2.24, 2.45) is 0 Å². The molecule has 1 atom stereocenters. The monoisotopic (exact) mass is 255 g/mol. The average Bonchev–Trinajstić information content (AvgIpc) is 2.36. The molecular weight excluding hydrogens is 234 g/mol. The fourth-order valence-corrected chi connectivity index (χ4v) is 1.96. The second-order valence-corrected chi connectivity index (χ2v) is 5.09. The van der Waals surface area contributed by atoms with Gasteiger partial charge >= 0.3 is 0 Å². The molecule has 0 heterocycles. The summed E-state index contributed by atoms with van der Waals surface area (Å²) in [6, 6.07) is 7.43. The van der Waals surface area contributed by atoms with E-state index in [-0.39, 0.29) is 5.54 Å². The lowest BCUT2D eigenvalue weighted by atomic mass is 9.95. The standard InChI is InChI=1S/C14H22ClNO/c1-4-14(3,5-2)16-10-13(17)11-8-6-7-9-12(11)15/h6-9,13,16-17H,4-5,10H2,1-3H3. The van der Waals surface area contributed by atoms with Crippen molar-refractivity contribution >= 4 is 11.6 Å². The fraction of sp³-hybridized carbons (Fsp3) is 0.571. The first-order chi connectivity index (χ1) is 8.02. The Morgan fingerprint density at radius 3 is 2.41 bits per heavy atom. The molecular formula is C14H22ClNO. The molecule has 96 valence electrons. The zero-order chi connectivity index (χ0) is 12.9. The molecule has 0 radical (unpaired) electrons. The zero-order valence-corrected chi connectivity index (χ0v) is 11.6. The summed E-state index contributed by atoms with van der Waals surface area (Å²) in [4.78, 5) is 0. The van der Waals surface area contributed by atoms with E-state index >= 15 is 0 Å². The minimum atomic E-state index is -0.555. The maximum Gasteiger partial charge on any atom is 0.0928 e. The molecule has 2 N–H and O–H groups in total. The van der Waals surface area contributed by atoms with E-state index < -0.39 is 6.10 Å². The van der Waals surface area contributed by atoms with Crippen LogP contribution in [0.1, 0.15) is 45.3 Å². The van der Waals surface area contributed by atoms with Crippen LogP contribution in [0.5, 0.6) is 0 Å². The number of halogens is 1. The fourth-order valence-electron chi connectivity index (χ4n) is 1.70. The molecule has 0 saturated carbocycles. The molecule has 17 heavy (non-hydrogen) atoms. The maximum atomic E-state index is 10.1. The van der Waals surface area contributed by atoms with E-state index in [9.17, 15) is 5.11 Å². The predicted molar refractivity (Wildman–Crippen MR) is 73.4 cm³/mol. The van der Waals surface area contributed by atoms with E-state index in [0.717, 1.165) is 18.4 Å². The summed E-state index contributed by atoms with van der Waals surface area (Å²) < 4.78 is 0. The molecule has 0 saturated heterocycles. The number of nitrogens with one attached hydrogen (secondary N) is 1. The third-order valence-corrected chi connectivity index (χ3v) is 3.89. The lowest BCUT2D eigenvalue weighted by Gasteiger charge is -2.29. The molecule has 2 nitrogen and oxygen atoms in total. The van der Waals surface area contributed by atoms with Crippen molar-refractivity contribution in [3.63, 3.8) is 0 Å². The minimum Gasteiger partial charge on any atom is -0.387 e. The van der Waals surface area contributed by atoms with Gasteiger partial charge in [-0.2, -0.15) is 0 Å². The molecule has 1 aromatic rings. The van der Waals surface area contributed by atoms with Crippen LogP contribution >= 0.6 is 11.6 Å². The van der Waals surface area contributed by atoms with Crippen molar-refractivity contribution < 1.29 is 5.11 Å². The molecule has 0 fully saturated rings. The third kappa shape index (κ3) is 3.98. The summed E-state index contributed by atoms with van der Waals surface area (Å²) in [7, 11) is 0. The van der Waals surface area contributed by atoms with Crippen LogP contribution in [0.3, 0.4) is 0 Å². The Bertz CT molecular complexity index is 350. The molecule has 0 aliphatic rings. The Morgan fingerprint density at radius 1 is 1.29 bits per heavy atom. The van der Waals surface area contributed by atoms with Gasteiger partial charge in [0, 0.05) is 22.7 Å². The van der Waals surface area contributed by atoms with Gasteiger partial charge in [0.2, 0.25) is 0 Å². The highest BCUT2D eigenvalue weighted by Gasteiger charge is 2.20. The summed E-state index contributed by atoms with van der Waals surface area (Å²) in [6.45, 7) is 7.00. The normalized spacial score (nSPS) is 13.7. The zero-order valence-electron chi connectivity index (χ0n) is 10.8. The maximum absolute atomic E-state index is 10.1. The second-order valence-electron chi connectivity index (χ2n) is 4.69. The summed E-state index contributed by atoms with van der Waals surface area (Å²) in [5, 5.41) is 14.1. The van der Waals surface area contributed by atoms with Crippen LogP contribution in [0, 0.1) is 0 Å². The van der Waals surface area contributed by atoms with Gasteiger partial charge in [-0.15, -0.1) is 0 Å². The summed E-state index contributed by atoms with van der Waals surface area (Å²) >= 11 is 6.05. The average molecular weight is 256 g/mol. The Labute approximate surface area is 109 Å². The van der Waals surface area contributed by atoms with E-state index in [2.05, 4.69) is 26.1 Å². The predicted octanol–water partition coefficient (Wildman–Crippen LogP) is 3.54. The second kappa shape index (κ2) is 6.39. The van der Waals surface area contributed by atoms with Crippen LogP contribution in [0.15, 0.2) is 24.3 Å². The van der Waals surface area contributed by atoms with Gasteiger partial charge in [-0.1, -0.05) is 43.6 Å². The first-order valence-electron chi connectivity index (χ1n) is 6.20. The Morgan fingerprint density at radius 2 is 1.88 bits per heavy atom. The third-order valence-electron chi connectivity index (χ3n) is 3.55. The quantitative estimate of drug-likeness (QED) is 0.815. The largest absolute Gasteiger partial charge is 0.387 e. The Balaban J connectivity index is 2.62. The van der Waals surface area contributed by atoms with Crippen LogP contribution < -0.4 is 5.32 Å². The molecule has 0 aromatic heterocycles. The number of aliphatic hydroxyl groups excluding tert-OH is 1.